The molecular weight excluding hydrogens is 244 g/mol. The van der Waals surface area contributed by atoms with E-state index in [4.69, 9.17) is 27.4 Å². The number of hydrogen-bond acceptors (Lipinski definition) is 3. The summed E-state index contributed by atoms with van der Waals surface area (Å²) in [6.45, 7) is 0.190. The van der Waals surface area contributed by atoms with Gasteiger partial charge in [0.25, 0.3) is 0 Å². The molecule has 1 aromatic carbocycles. The molecule has 0 aromatic heterocycles. The molecule has 1 aromatic rings. The first kappa shape index (κ1) is 14.2. The second-order valence-corrected chi connectivity index (χ2v) is 3.36. The third-order valence-corrected chi connectivity index (χ3v) is 2.01. The Labute approximate surface area is 111 Å². The molecule has 0 aliphatic rings. The maximum absolute atomic E-state index is 10.4. The number of ether oxygens (including phenoxy) is 2. The number of rotatable bonds is 6. The largest absolute Gasteiger partial charge is 0.478 e. The second-order valence-electron chi connectivity index (χ2n) is 3.36. The van der Waals surface area contributed by atoms with Crippen LogP contribution in [0, 0.1) is 24.7 Å². The smallest absolute Gasteiger partial charge is 0.328 e. The summed E-state index contributed by atoms with van der Waals surface area (Å²) in [4.78, 5) is 10.4. The lowest BCUT2D eigenvalue weighted by Gasteiger charge is -2.10. The summed E-state index contributed by atoms with van der Waals surface area (Å²) in [5, 5.41) is 8.56. The Hall–Kier alpha value is -2.85. The lowest BCUT2D eigenvalue weighted by Crippen LogP contribution is -2.00. The van der Waals surface area contributed by atoms with E-state index in [2.05, 4.69) is 11.8 Å². The van der Waals surface area contributed by atoms with Gasteiger partial charge in [-0.3, -0.25) is 0 Å². The molecule has 0 radical (unpaired) electrons. The highest BCUT2D eigenvalue weighted by Gasteiger charge is 2.05. The van der Waals surface area contributed by atoms with Crippen LogP contribution in [-0.2, 0) is 4.79 Å². The van der Waals surface area contributed by atoms with Gasteiger partial charge in [0.05, 0.1) is 0 Å². The Morgan fingerprint density at radius 3 is 2.42 bits per heavy atom. The van der Waals surface area contributed by atoms with Crippen molar-refractivity contribution in [2.45, 2.75) is 0 Å². The number of benzene rings is 1. The van der Waals surface area contributed by atoms with Gasteiger partial charge < -0.3 is 14.6 Å². The molecule has 1 N–H and O–H groups in total. The maximum Gasteiger partial charge on any atom is 0.328 e. The Balaban J connectivity index is 2.97. The summed E-state index contributed by atoms with van der Waals surface area (Å²) in [6, 6.07) is 4.96. The summed E-state index contributed by atoms with van der Waals surface area (Å²) in [6.07, 6.45) is 12.7. The molecule has 1 rings (SSSR count). The summed E-state index contributed by atoms with van der Waals surface area (Å²) in [5.74, 6) is 4.53. The molecule has 19 heavy (non-hydrogen) atoms. The first-order valence-electron chi connectivity index (χ1n) is 5.35. The molecule has 96 valence electrons. The van der Waals surface area contributed by atoms with Crippen LogP contribution in [0.25, 0.3) is 6.08 Å². The summed E-state index contributed by atoms with van der Waals surface area (Å²) >= 11 is 0. The number of aliphatic carboxylic acids is 1. The van der Waals surface area contributed by atoms with Gasteiger partial charge in [-0.15, -0.1) is 12.8 Å². The molecule has 0 aliphatic heterocycles. The molecule has 0 saturated carbocycles. The molecule has 4 heteroatoms. The van der Waals surface area contributed by atoms with Gasteiger partial charge in [-0.2, -0.15) is 0 Å². The fraction of sp³-hybridized carbons (Fsp3) is 0.133. The first-order valence-corrected chi connectivity index (χ1v) is 5.35. The van der Waals surface area contributed by atoms with Gasteiger partial charge in [-0.25, -0.2) is 4.79 Å². The van der Waals surface area contributed by atoms with Crippen molar-refractivity contribution in [2.24, 2.45) is 0 Å². The summed E-state index contributed by atoms with van der Waals surface area (Å²) < 4.78 is 10.6. The third kappa shape index (κ3) is 4.89. The van der Waals surface area contributed by atoms with Crippen molar-refractivity contribution in [3.8, 4) is 36.2 Å². The van der Waals surface area contributed by atoms with Gasteiger partial charge in [0.15, 0.2) is 11.5 Å². The van der Waals surface area contributed by atoms with E-state index in [1.165, 1.54) is 6.08 Å². The van der Waals surface area contributed by atoms with Crippen LogP contribution in [0.1, 0.15) is 5.56 Å². The SMILES string of the molecule is C#CCOc1ccc(C=CC(=O)O)cc1OCC#C. The topological polar surface area (TPSA) is 55.8 Å². The minimum absolute atomic E-state index is 0.0819. The number of hydrogen-bond donors (Lipinski definition) is 1. The Morgan fingerprint density at radius 1 is 1.21 bits per heavy atom. The number of carbonyl (C=O) groups is 1. The van der Waals surface area contributed by atoms with Crippen molar-refractivity contribution in [2.75, 3.05) is 13.2 Å². The van der Waals surface area contributed by atoms with E-state index in [0.717, 1.165) is 6.08 Å². The van der Waals surface area contributed by atoms with Crippen LogP contribution in [0.4, 0.5) is 0 Å². The van der Waals surface area contributed by atoms with Crippen LogP contribution in [0.5, 0.6) is 11.5 Å². The van der Waals surface area contributed by atoms with Gasteiger partial charge >= 0.3 is 5.97 Å². The standard InChI is InChI=1S/C15H12O4/c1-3-9-18-13-7-5-12(6-8-15(16)17)11-14(13)19-10-4-2/h1-2,5-8,11H,9-10H2,(H,16,17). The monoisotopic (exact) mass is 256 g/mol. The molecule has 0 saturated heterocycles. The van der Waals surface area contributed by atoms with E-state index in [1.807, 2.05) is 0 Å². The van der Waals surface area contributed by atoms with Crippen molar-refractivity contribution < 1.29 is 19.4 Å². The molecule has 0 bridgehead atoms. The first-order chi connectivity index (χ1) is 9.17. The van der Waals surface area contributed by atoms with Gasteiger partial charge in [0.2, 0.25) is 0 Å². The van der Waals surface area contributed by atoms with E-state index >= 15 is 0 Å². The van der Waals surface area contributed by atoms with E-state index in [-0.39, 0.29) is 13.2 Å². The van der Waals surface area contributed by atoms with Gasteiger partial charge in [0.1, 0.15) is 13.2 Å². The predicted octanol–water partition coefficient (Wildman–Crippen LogP) is 1.81. The molecule has 0 spiro atoms. The van der Waals surface area contributed by atoms with Crippen molar-refractivity contribution in [1.29, 1.82) is 0 Å². The average Bonchev–Trinajstić information content (AvgIpc) is 2.41. The predicted molar refractivity (Wildman–Crippen MR) is 71.8 cm³/mol. The van der Waals surface area contributed by atoms with Crippen LogP contribution in [0.2, 0.25) is 0 Å². The molecule has 0 unspecified atom stereocenters. The fourth-order valence-electron chi connectivity index (χ4n) is 1.27. The van der Waals surface area contributed by atoms with E-state index in [0.29, 0.717) is 17.1 Å². The molecule has 0 heterocycles. The summed E-state index contributed by atoms with van der Waals surface area (Å²) in [7, 11) is 0. The highest BCUT2D eigenvalue weighted by atomic mass is 16.5. The zero-order chi connectivity index (χ0) is 14.1. The fourth-order valence-corrected chi connectivity index (χ4v) is 1.27. The minimum Gasteiger partial charge on any atom is -0.478 e. The van der Waals surface area contributed by atoms with Crippen molar-refractivity contribution in [1.82, 2.24) is 0 Å². The highest BCUT2D eigenvalue weighted by Crippen LogP contribution is 2.28. The van der Waals surface area contributed by atoms with Gasteiger partial charge in [0, 0.05) is 6.08 Å². The van der Waals surface area contributed by atoms with Crippen LogP contribution in [-0.4, -0.2) is 24.3 Å². The zero-order valence-corrected chi connectivity index (χ0v) is 10.1. The zero-order valence-electron chi connectivity index (χ0n) is 10.1. The highest BCUT2D eigenvalue weighted by molar-refractivity contribution is 5.85. The molecular formula is C15H12O4. The number of terminal acetylenes is 2. The van der Waals surface area contributed by atoms with Crippen LogP contribution < -0.4 is 9.47 Å². The maximum atomic E-state index is 10.4. The Morgan fingerprint density at radius 2 is 1.84 bits per heavy atom. The van der Waals surface area contributed by atoms with E-state index in [9.17, 15) is 4.79 Å². The molecule has 4 nitrogen and oxygen atoms in total. The van der Waals surface area contributed by atoms with Crippen molar-refractivity contribution >= 4 is 12.0 Å². The number of carboxylic acid groups (broad SMARTS) is 1. The second kappa shape index (κ2) is 7.47. The van der Waals surface area contributed by atoms with Crippen LogP contribution in [0.15, 0.2) is 24.3 Å². The van der Waals surface area contributed by atoms with Crippen molar-refractivity contribution in [3.63, 3.8) is 0 Å². The molecule has 0 atom stereocenters. The Kier molecular flexibility index (Phi) is 5.59. The Bertz CT molecular complexity index is 558. The van der Waals surface area contributed by atoms with Crippen LogP contribution >= 0.6 is 0 Å². The van der Waals surface area contributed by atoms with Gasteiger partial charge in [-0.1, -0.05) is 17.9 Å². The lowest BCUT2D eigenvalue weighted by molar-refractivity contribution is -0.131. The summed E-state index contributed by atoms with van der Waals surface area (Å²) in [5.41, 5.74) is 0.655. The van der Waals surface area contributed by atoms with Crippen molar-refractivity contribution in [3.05, 3.63) is 29.8 Å². The van der Waals surface area contributed by atoms with Gasteiger partial charge in [-0.05, 0) is 23.8 Å². The minimum atomic E-state index is -1.03. The normalized spacial score (nSPS) is 9.58. The third-order valence-electron chi connectivity index (χ3n) is 2.01. The molecule has 0 amide bonds. The van der Waals surface area contributed by atoms with Crippen LogP contribution in [0.3, 0.4) is 0 Å². The molecule has 0 aliphatic carbocycles. The average molecular weight is 256 g/mol. The lowest BCUT2D eigenvalue weighted by atomic mass is 10.2. The quantitative estimate of drug-likeness (QED) is 0.623. The number of carboxylic acids is 1. The van der Waals surface area contributed by atoms with E-state index < -0.39 is 5.97 Å². The molecule has 0 fully saturated rings. The van der Waals surface area contributed by atoms with E-state index in [1.54, 1.807) is 18.2 Å².